The second-order valence-electron chi connectivity index (χ2n) is 28.2. The topological polar surface area (TPSA) is 381 Å². The van der Waals surface area contributed by atoms with Gasteiger partial charge in [0.1, 0.15) is 24.1 Å². The van der Waals surface area contributed by atoms with Crippen molar-refractivity contribution in [1.29, 1.82) is 0 Å². The van der Waals surface area contributed by atoms with Gasteiger partial charge in [0.15, 0.2) is 83.7 Å². The van der Waals surface area contributed by atoms with E-state index in [-0.39, 0.29) is 71.2 Å². The summed E-state index contributed by atoms with van der Waals surface area (Å²) in [6, 6.07) is 0. The molecule has 0 radical (unpaired) electrons. The predicted molar refractivity (Wildman–Crippen MR) is 419 cm³/mol. The highest BCUT2D eigenvalue weighted by Gasteiger charge is 2.68. The van der Waals surface area contributed by atoms with E-state index in [1.807, 2.05) is 36.4 Å². The van der Waals surface area contributed by atoms with Crippen LogP contribution in [0.5, 0.6) is 0 Å². The zero-order chi connectivity index (χ0) is 89.0. The summed E-state index contributed by atoms with van der Waals surface area (Å²) >= 11 is 3.57. The number of nitrogens with zero attached hydrogens (tertiary/aromatic N) is 6. The summed E-state index contributed by atoms with van der Waals surface area (Å²) in [7, 11) is 0. The van der Waals surface area contributed by atoms with Crippen LogP contribution in [0.15, 0.2) is 178 Å². The second kappa shape index (κ2) is 39.8. The molecule has 12 heterocycles. The zero-order valence-electron chi connectivity index (χ0n) is 64.3. The van der Waals surface area contributed by atoms with Gasteiger partial charge in [0.2, 0.25) is 75.9 Å². The number of hydrogen-bond donors (Lipinski definition) is 5. The molecule has 6 amide bonds. The van der Waals surface area contributed by atoms with E-state index in [0.717, 1.165) is 85.6 Å². The summed E-state index contributed by atoms with van der Waals surface area (Å²) in [4.78, 5) is 144. The van der Waals surface area contributed by atoms with Crippen LogP contribution in [0.1, 0.15) is 79.1 Å². The predicted octanol–water partition coefficient (Wildman–Crippen LogP) is 5.59. The lowest BCUT2D eigenvalue weighted by molar-refractivity contribution is -0.182. The van der Waals surface area contributed by atoms with E-state index in [1.165, 1.54) is 47.8 Å². The summed E-state index contributed by atoms with van der Waals surface area (Å²) in [5.74, 6) is -7.32. The number of halogens is 9. The van der Waals surface area contributed by atoms with Crippen LogP contribution in [-0.4, -0.2) is 267 Å². The first-order valence-electron chi connectivity index (χ1n) is 36.3. The molecule has 0 aromatic carbocycles. The number of carbonyl (C=O) groups is 12. The first-order valence-corrected chi connectivity index (χ1v) is 39.4. The number of ether oxygens (including phenoxy) is 6. The Morgan fingerprint density at radius 1 is 0.445 bits per heavy atom. The molecule has 640 valence electrons. The lowest BCUT2D eigenvalue weighted by Gasteiger charge is -2.33. The Balaban J connectivity index is 0.000000197. The van der Waals surface area contributed by atoms with Gasteiger partial charge < -0.3 is 54.0 Å². The van der Waals surface area contributed by atoms with Crippen LogP contribution in [-0.2, 0) is 86.0 Å². The minimum Gasteiger partial charge on any atom is -0.468 e. The van der Waals surface area contributed by atoms with Gasteiger partial charge in [-0.1, -0.05) is 118 Å². The van der Waals surface area contributed by atoms with E-state index >= 15 is 13.2 Å². The third kappa shape index (κ3) is 19.8. The number of rotatable bonds is 16. The fourth-order valence-corrected chi connectivity index (χ4v) is 15.3. The number of hydrogen-bond acceptors (Lipinski definition) is 23. The molecule has 0 aromatic heterocycles. The number of ketones is 6. The van der Waals surface area contributed by atoms with Crippen molar-refractivity contribution in [2.75, 3.05) is 15.5 Å². The average Bonchev–Trinajstić information content (AvgIpc) is 1.14. The lowest BCUT2D eigenvalue weighted by Crippen LogP contribution is -2.52. The first kappa shape index (κ1) is 96.7. The molecule has 0 aromatic rings. The Labute approximate surface area is 705 Å². The summed E-state index contributed by atoms with van der Waals surface area (Å²) in [6.45, 7) is 26.4. The third-order valence-electron chi connectivity index (χ3n) is 20.6. The summed E-state index contributed by atoms with van der Waals surface area (Å²) in [6.07, 6.45) is 5.47. The van der Waals surface area contributed by atoms with Gasteiger partial charge in [-0.05, 0) is 55.4 Å². The second-order valence-corrected chi connectivity index (χ2v) is 29.9. The number of carbonyl (C=O) groups excluding carboxylic acids is 12. The standard InChI is InChI=1S/C15H18FNO3.C14H16FNO3.C13H12F2INO4.C13H13FINO4.C13H14FNO5.C13H12FNO4/c1-4-7-15(16)10(3)12(5-2)20-14(15)17-8-6-11(18)9-13(17)19;1-4-11-9(3)14(15,5-2)13(19-11)16-7-6-10(17)8-12(16)18;1-2-4-12(14)10(20)13(15,7-16)21-11(12)17-5-3-8(18)6-9(17)19;1-2-4-13(14)11(19)9(7-15)20-12(13)16-5-3-8(17)6-10(16)18;1-2-4-13(14)11(19)9(7-16)20-12(13)15-5-3-8(17)6-10(15)18;1-3-5-13(14)11(18)8(2)19-12(13)15-6-4-9(16)7-10(15)17/h6-8,10,12,14H,1,5,9H2,2-3H3;2,6-7,9,11,13H,4,8H2,1,3H3;3-5,10-11,20H,1,6-7H2;3-5,9,11-12,19H,1,6-7H2;3-5,9,11-12,16,19H,1,6-7H2;4-6,11-12,18H,1-2,7H2/t10-,12-,14-,15-;9-,11-,13-,14-;10-,11+,12+,13+;2*9-,11-,12-,13-;11-,12-,13-/m110111/s1. The van der Waals surface area contributed by atoms with Gasteiger partial charge in [-0.2, -0.15) is 0 Å². The normalized spacial score (nSPS) is 37.3. The van der Waals surface area contributed by atoms with Crippen molar-refractivity contribution in [1.82, 2.24) is 29.4 Å². The van der Waals surface area contributed by atoms with Gasteiger partial charge in [0.05, 0.1) is 67.9 Å². The van der Waals surface area contributed by atoms with Crippen LogP contribution < -0.4 is 0 Å². The smallest absolute Gasteiger partial charge is 0.250 e. The van der Waals surface area contributed by atoms with Crippen molar-refractivity contribution in [2.45, 2.75) is 205 Å². The molecule has 119 heavy (non-hydrogen) atoms. The maximum atomic E-state index is 15.3. The van der Waals surface area contributed by atoms with E-state index < -0.39 is 192 Å². The first-order chi connectivity index (χ1) is 55.9. The van der Waals surface area contributed by atoms with E-state index in [2.05, 4.69) is 74.1 Å². The number of alkyl halides is 9. The van der Waals surface area contributed by atoms with Gasteiger partial charge in [-0.3, -0.25) is 86.9 Å². The lowest BCUT2D eigenvalue weighted by atomic mass is 9.86. The fraction of sp³-hybridized carbons (Fsp3) is 0.469. The molecule has 29 nitrogen and oxygen atoms in total. The highest BCUT2D eigenvalue weighted by atomic mass is 127. The summed E-state index contributed by atoms with van der Waals surface area (Å²) in [5, 5.41) is 48.7. The van der Waals surface area contributed by atoms with Gasteiger partial charge in [-0.15, -0.1) is 35.1 Å². The Kier molecular flexibility index (Phi) is 32.4. The monoisotopic (exact) mass is 1900 g/mol. The third-order valence-corrected chi connectivity index (χ3v) is 22.5. The maximum absolute atomic E-state index is 15.3. The van der Waals surface area contributed by atoms with Crippen molar-refractivity contribution < 1.29 is 142 Å². The molecule has 0 aliphatic carbocycles. The van der Waals surface area contributed by atoms with E-state index in [1.54, 1.807) is 36.4 Å². The van der Waals surface area contributed by atoms with Crippen LogP contribution >= 0.6 is 45.2 Å². The van der Waals surface area contributed by atoms with Crippen LogP contribution in [0.4, 0.5) is 30.7 Å². The molecule has 0 saturated carbocycles. The summed E-state index contributed by atoms with van der Waals surface area (Å²) in [5.41, 5.74) is -2.44. The molecular weight excluding hydrogens is 1810 g/mol. The summed E-state index contributed by atoms with van der Waals surface area (Å²) < 4.78 is 136. The SMILES string of the molecule is C#C[C@@]1(F)[C@H](C)[C@@H](CC)O[C@H]1N1C=CC(=O)CC1=O.C=C=C[C@@]1(F)[C@H](C)[C@@H](CC)O[C@H]1N1C=CC(=O)CC1=O.C=C=C[C@@]1(F)[C@H](O)C(=C)O[C@H]1N1C=CC(=O)CC1=O.C=C=C[C@@]1(F)[C@H](O)[C@@H](CI)O[C@H]1N1C=CC(=O)CC1=O.C=C=C[C@@]1(F)[C@H](O)[C@@H](CO)O[C@H]1N1C=CC(=O)CC1=O.C=C=C[C@]1(F)[C@H](N2C=CC(=O)CC2=O)O[C@](F)(CI)[C@H]1O. The highest BCUT2D eigenvalue weighted by Crippen LogP contribution is 2.49. The number of aliphatic hydroxyl groups is 5. The molecule has 23 atom stereocenters. The Morgan fingerprint density at radius 2 is 0.739 bits per heavy atom. The molecule has 38 heteroatoms. The largest absolute Gasteiger partial charge is 0.468 e. The molecule has 12 aliphatic rings. The Morgan fingerprint density at radius 3 is 1.08 bits per heavy atom. The van der Waals surface area contributed by atoms with Gasteiger partial charge in [0.25, 0.3) is 0 Å². The van der Waals surface area contributed by atoms with Gasteiger partial charge >= 0.3 is 0 Å². The molecule has 0 unspecified atom stereocenters. The van der Waals surface area contributed by atoms with Crippen molar-refractivity contribution in [2.24, 2.45) is 11.8 Å². The van der Waals surface area contributed by atoms with Crippen molar-refractivity contribution in [3.05, 3.63) is 178 Å². The molecule has 12 rings (SSSR count). The number of aliphatic hydroxyl groups excluding tert-OH is 5. The van der Waals surface area contributed by atoms with Gasteiger partial charge in [-0.25, -0.2) is 30.7 Å². The van der Waals surface area contributed by atoms with Crippen molar-refractivity contribution in [3.8, 4) is 12.3 Å². The van der Waals surface area contributed by atoms with Crippen LogP contribution in [0.25, 0.3) is 0 Å². The number of amides is 6. The minimum atomic E-state index is -2.72. The highest BCUT2D eigenvalue weighted by molar-refractivity contribution is 14.1. The molecule has 6 saturated heterocycles. The zero-order valence-corrected chi connectivity index (χ0v) is 68.6. The quantitative estimate of drug-likeness (QED) is 0.0314. The van der Waals surface area contributed by atoms with Gasteiger partial charge in [0, 0.05) is 77.8 Å². The van der Waals surface area contributed by atoms with Crippen LogP contribution in [0, 0.1) is 24.2 Å². The van der Waals surface area contributed by atoms with Crippen LogP contribution in [0.3, 0.4) is 0 Å². The van der Waals surface area contributed by atoms with Crippen molar-refractivity contribution in [3.63, 3.8) is 0 Å². The number of allylic oxidation sites excluding steroid dienone is 6. The molecule has 5 N–H and O–H groups in total. The van der Waals surface area contributed by atoms with E-state index in [9.17, 15) is 95.5 Å². The average molecular weight is 1900 g/mol. The van der Waals surface area contributed by atoms with E-state index in [4.69, 9.17) is 40.0 Å². The fourth-order valence-electron chi connectivity index (χ4n) is 14.1. The molecule has 0 bridgehead atoms. The molecule has 0 spiro atoms. The molecule has 12 aliphatic heterocycles. The van der Waals surface area contributed by atoms with E-state index in [0.29, 0.717) is 17.3 Å². The van der Waals surface area contributed by atoms with Crippen LogP contribution in [0.2, 0.25) is 0 Å². The molecular formula is C81H85F7I2N6O23. The minimum absolute atomic E-state index is 0.197. The molecule has 6 fully saturated rings. The number of terminal acetylenes is 1. The Bertz CT molecular complexity index is 4340. The maximum Gasteiger partial charge on any atom is 0.250 e. The Hall–Kier alpha value is -9.45. The van der Waals surface area contributed by atoms with Crippen molar-refractivity contribution >= 4 is 115 Å².